The number of aryl methyl sites for hydroxylation is 1. The molecule has 2 aromatic rings. The van der Waals surface area contributed by atoms with Crippen LogP contribution in [0.3, 0.4) is 0 Å². The Morgan fingerprint density at radius 2 is 2.29 bits per heavy atom. The number of nitrogens with one attached hydrogen (secondary N) is 2. The monoisotopic (exact) mass is 348 g/mol. The summed E-state index contributed by atoms with van der Waals surface area (Å²) < 4.78 is 1.65. The average Bonchev–Trinajstić information content (AvgIpc) is 3.31. The summed E-state index contributed by atoms with van der Waals surface area (Å²) in [5, 5.41) is 21.6. The number of hydrogen-bond acceptors (Lipinski definition) is 4. The minimum Gasteiger partial charge on any atom is -0.394 e. The number of amides is 2. The Kier molecular flexibility index (Phi) is 5.20. The van der Waals surface area contributed by atoms with Crippen LogP contribution >= 0.6 is 11.3 Å². The van der Waals surface area contributed by atoms with E-state index in [1.807, 2.05) is 7.05 Å². The number of aromatic nitrogens is 2. The quantitative estimate of drug-likeness (QED) is 0.750. The normalized spacial score (nSPS) is 17.6. The van der Waals surface area contributed by atoms with E-state index in [0.717, 1.165) is 18.4 Å². The fourth-order valence-corrected chi connectivity index (χ4v) is 4.44. The summed E-state index contributed by atoms with van der Waals surface area (Å²) in [6, 6.07) is 3.55. The number of nitrogens with zero attached hydrogens (tertiary/aromatic N) is 2. The second-order valence-corrected chi connectivity index (χ2v) is 7.42. The van der Waals surface area contributed by atoms with Crippen LogP contribution in [-0.2, 0) is 12.5 Å². The Morgan fingerprint density at radius 3 is 2.88 bits per heavy atom. The zero-order chi connectivity index (χ0) is 17.0. The number of hydrogen-bond donors (Lipinski definition) is 3. The average molecular weight is 348 g/mol. The molecule has 0 spiro atoms. The number of urea groups is 1. The van der Waals surface area contributed by atoms with Gasteiger partial charge < -0.3 is 15.7 Å². The Bertz CT molecular complexity index is 662. The van der Waals surface area contributed by atoms with Crippen LogP contribution < -0.4 is 10.6 Å². The van der Waals surface area contributed by atoms with Crippen LogP contribution in [0.1, 0.15) is 42.2 Å². The molecule has 7 heteroatoms. The minimum absolute atomic E-state index is 0.0640. The largest absolute Gasteiger partial charge is 0.394 e. The van der Waals surface area contributed by atoms with Gasteiger partial charge in [0.15, 0.2) is 0 Å². The summed E-state index contributed by atoms with van der Waals surface area (Å²) in [5.41, 5.74) is 0.859. The maximum absolute atomic E-state index is 12.3. The molecule has 24 heavy (non-hydrogen) atoms. The molecule has 1 fully saturated rings. The lowest BCUT2D eigenvalue weighted by Crippen LogP contribution is -2.45. The lowest BCUT2D eigenvalue weighted by molar-refractivity contribution is 0.214. The van der Waals surface area contributed by atoms with Crippen LogP contribution in [0.5, 0.6) is 0 Å². The molecule has 2 aromatic heterocycles. The minimum atomic E-state index is -0.444. The highest BCUT2D eigenvalue weighted by Gasteiger charge is 2.36. The van der Waals surface area contributed by atoms with Crippen molar-refractivity contribution in [2.45, 2.75) is 37.1 Å². The first-order valence-corrected chi connectivity index (χ1v) is 9.19. The predicted molar refractivity (Wildman–Crippen MR) is 94.0 cm³/mol. The van der Waals surface area contributed by atoms with Gasteiger partial charge in [0.05, 0.1) is 18.8 Å². The predicted octanol–water partition coefficient (Wildman–Crippen LogP) is 2.33. The van der Waals surface area contributed by atoms with Crippen molar-refractivity contribution < 1.29 is 9.90 Å². The van der Waals surface area contributed by atoms with E-state index in [0.29, 0.717) is 6.54 Å². The van der Waals surface area contributed by atoms with Gasteiger partial charge in [0.2, 0.25) is 0 Å². The second kappa shape index (κ2) is 7.36. The molecule has 2 heterocycles. The van der Waals surface area contributed by atoms with Crippen molar-refractivity contribution in [2.24, 2.45) is 7.05 Å². The van der Waals surface area contributed by atoms with E-state index >= 15 is 0 Å². The molecule has 1 saturated carbocycles. The topological polar surface area (TPSA) is 79.2 Å². The molecule has 3 rings (SSSR count). The van der Waals surface area contributed by atoms with E-state index in [4.69, 9.17) is 0 Å². The van der Waals surface area contributed by atoms with Crippen molar-refractivity contribution in [3.8, 4) is 0 Å². The van der Waals surface area contributed by atoms with Gasteiger partial charge in [-0.2, -0.15) is 5.10 Å². The van der Waals surface area contributed by atoms with Crippen LogP contribution in [-0.4, -0.2) is 34.1 Å². The smallest absolute Gasteiger partial charge is 0.315 e. The van der Waals surface area contributed by atoms with Gasteiger partial charge in [-0.05, 0) is 24.3 Å². The van der Waals surface area contributed by atoms with Crippen LogP contribution in [0.2, 0.25) is 0 Å². The van der Waals surface area contributed by atoms with Gasteiger partial charge in [-0.1, -0.05) is 18.9 Å². The van der Waals surface area contributed by atoms with Crippen molar-refractivity contribution in [3.63, 3.8) is 0 Å². The molecular formula is C17H24N4O2S. The lowest BCUT2D eigenvalue weighted by Gasteiger charge is -2.28. The summed E-state index contributed by atoms with van der Waals surface area (Å²) in [6.07, 6.45) is 8.09. The molecule has 130 valence electrons. The van der Waals surface area contributed by atoms with Crippen molar-refractivity contribution >= 4 is 17.4 Å². The van der Waals surface area contributed by atoms with Crippen molar-refractivity contribution in [1.29, 1.82) is 0 Å². The van der Waals surface area contributed by atoms with E-state index < -0.39 is 6.04 Å². The number of carbonyl (C=O) groups excluding carboxylic acids is 1. The van der Waals surface area contributed by atoms with Gasteiger partial charge in [0, 0.05) is 35.6 Å². The molecule has 0 aliphatic heterocycles. The number of carbonyl (C=O) groups is 1. The number of aliphatic hydroxyl groups is 1. The number of aliphatic hydroxyl groups excluding tert-OH is 1. The standard InChI is InChI=1S/C17H24N4O2S/c1-21-10-13(9-19-21)14(11-22)20-16(23)18-12-17(6-2-3-7-17)15-5-4-8-24-15/h4-5,8-10,14,22H,2-3,6-7,11-12H2,1H3,(H2,18,20,23)/t14-/m1/s1. The maximum atomic E-state index is 12.3. The Morgan fingerprint density at radius 1 is 1.50 bits per heavy atom. The first kappa shape index (κ1) is 17.0. The third-order valence-corrected chi connectivity index (χ3v) is 5.92. The molecule has 6 nitrogen and oxygen atoms in total. The third kappa shape index (κ3) is 3.62. The van der Waals surface area contributed by atoms with Crippen molar-refractivity contribution in [3.05, 3.63) is 40.3 Å². The third-order valence-electron chi connectivity index (χ3n) is 4.81. The van der Waals surface area contributed by atoms with Crippen LogP contribution in [0, 0.1) is 0 Å². The fourth-order valence-electron chi connectivity index (χ4n) is 3.46. The molecule has 1 aliphatic rings. The molecule has 2 amide bonds. The van der Waals surface area contributed by atoms with E-state index in [2.05, 4.69) is 33.2 Å². The first-order chi connectivity index (χ1) is 11.6. The summed E-state index contributed by atoms with van der Waals surface area (Å²) in [7, 11) is 1.81. The van der Waals surface area contributed by atoms with E-state index in [1.54, 1.807) is 28.4 Å². The van der Waals surface area contributed by atoms with E-state index in [9.17, 15) is 9.90 Å². The van der Waals surface area contributed by atoms with Gasteiger partial charge in [-0.15, -0.1) is 11.3 Å². The molecule has 0 radical (unpaired) electrons. The molecule has 0 bridgehead atoms. The number of thiophene rings is 1. The van der Waals surface area contributed by atoms with Crippen LogP contribution in [0.4, 0.5) is 4.79 Å². The summed E-state index contributed by atoms with van der Waals surface area (Å²) in [4.78, 5) is 13.7. The highest BCUT2D eigenvalue weighted by atomic mass is 32.1. The van der Waals surface area contributed by atoms with Crippen LogP contribution in [0.25, 0.3) is 0 Å². The van der Waals surface area contributed by atoms with Gasteiger partial charge >= 0.3 is 6.03 Å². The fraction of sp³-hybridized carbons (Fsp3) is 0.529. The van der Waals surface area contributed by atoms with Gasteiger partial charge in [-0.25, -0.2) is 4.79 Å². The molecule has 3 N–H and O–H groups in total. The molecule has 1 aliphatic carbocycles. The van der Waals surface area contributed by atoms with E-state index in [-0.39, 0.29) is 18.1 Å². The first-order valence-electron chi connectivity index (χ1n) is 8.31. The highest BCUT2D eigenvalue weighted by molar-refractivity contribution is 7.10. The van der Waals surface area contributed by atoms with E-state index in [1.165, 1.54) is 17.7 Å². The van der Waals surface area contributed by atoms with Crippen molar-refractivity contribution in [2.75, 3.05) is 13.2 Å². The summed E-state index contributed by atoms with van der Waals surface area (Å²) >= 11 is 1.77. The van der Waals surface area contributed by atoms with Gasteiger partial charge in [0.25, 0.3) is 0 Å². The number of rotatable bonds is 6. The van der Waals surface area contributed by atoms with Crippen LogP contribution in [0.15, 0.2) is 29.9 Å². The molecular weight excluding hydrogens is 324 g/mol. The van der Waals surface area contributed by atoms with Crippen molar-refractivity contribution in [1.82, 2.24) is 20.4 Å². The second-order valence-electron chi connectivity index (χ2n) is 6.47. The van der Waals surface area contributed by atoms with Gasteiger partial charge in [-0.3, -0.25) is 4.68 Å². The Hall–Kier alpha value is -1.86. The van der Waals surface area contributed by atoms with Gasteiger partial charge in [0.1, 0.15) is 0 Å². The zero-order valence-corrected chi connectivity index (χ0v) is 14.7. The Labute approximate surface area is 145 Å². The SMILES string of the molecule is Cn1cc([C@@H](CO)NC(=O)NCC2(c3cccs3)CCCC2)cn1. The molecule has 0 unspecified atom stereocenters. The maximum Gasteiger partial charge on any atom is 0.315 e. The molecule has 0 aromatic carbocycles. The Balaban J connectivity index is 1.60. The summed E-state index contributed by atoms with van der Waals surface area (Å²) in [5.74, 6) is 0. The summed E-state index contributed by atoms with van der Waals surface area (Å²) in [6.45, 7) is 0.472. The lowest BCUT2D eigenvalue weighted by atomic mass is 9.84. The zero-order valence-electron chi connectivity index (χ0n) is 13.9. The molecule has 0 saturated heterocycles. The molecule has 1 atom stereocenters. The highest BCUT2D eigenvalue weighted by Crippen LogP contribution is 2.42.